The number of nitrogens with one attached hydrogen (secondary N) is 1. The lowest BCUT2D eigenvalue weighted by molar-refractivity contribution is 0.259. The van der Waals surface area contributed by atoms with E-state index in [4.69, 9.17) is 5.11 Å². The molecule has 2 rings (SSSR count). The van der Waals surface area contributed by atoms with E-state index in [2.05, 4.69) is 5.32 Å². The molecule has 0 amide bonds. The number of hydrogen-bond donors (Lipinski definition) is 2. The summed E-state index contributed by atoms with van der Waals surface area (Å²) in [6, 6.07) is 4.67. The minimum atomic E-state index is -0.232. The largest absolute Gasteiger partial charge is 0.396 e. The maximum absolute atomic E-state index is 12.8. The van der Waals surface area contributed by atoms with Crippen LogP contribution in [0.5, 0.6) is 0 Å². The van der Waals surface area contributed by atoms with E-state index in [0.29, 0.717) is 0 Å². The molecule has 0 fully saturated rings. The number of aliphatic hydroxyl groups is 1. The molecule has 0 saturated heterocycles. The van der Waals surface area contributed by atoms with Crippen LogP contribution in [0.2, 0.25) is 0 Å². The molecule has 0 aliphatic carbocycles. The number of fused-ring (bicyclic) bond motifs is 1. The van der Waals surface area contributed by atoms with Crippen LogP contribution in [-0.4, -0.2) is 18.3 Å². The fourth-order valence-electron chi connectivity index (χ4n) is 1.76. The van der Waals surface area contributed by atoms with Gasteiger partial charge in [-0.3, -0.25) is 0 Å². The van der Waals surface area contributed by atoms with E-state index >= 15 is 0 Å². The third-order valence-corrected chi connectivity index (χ3v) is 2.48. The van der Waals surface area contributed by atoms with E-state index in [-0.39, 0.29) is 18.3 Å². The van der Waals surface area contributed by atoms with Crippen LogP contribution in [0, 0.1) is 5.82 Å². The molecule has 0 aromatic heterocycles. The maximum atomic E-state index is 12.8. The molecule has 0 unspecified atom stereocenters. The van der Waals surface area contributed by atoms with Gasteiger partial charge in [0, 0.05) is 18.2 Å². The highest BCUT2D eigenvalue weighted by Gasteiger charge is 2.18. The van der Waals surface area contributed by atoms with Gasteiger partial charge in [-0.15, -0.1) is 0 Å². The van der Waals surface area contributed by atoms with Gasteiger partial charge in [-0.1, -0.05) is 6.07 Å². The Morgan fingerprint density at radius 3 is 3.15 bits per heavy atom. The number of hydrogen-bond acceptors (Lipinski definition) is 2. The summed E-state index contributed by atoms with van der Waals surface area (Å²) in [5.41, 5.74) is 1.85. The quantitative estimate of drug-likeness (QED) is 0.691. The number of anilines is 1. The number of aliphatic hydroxyl groups excluding tert-OH is 1. The summed E-state index contributed by atoms with van der Waals surface area (Å²) in [6.07, 6.45) is 0.912. The molecule has 0 radical (unpaired) electrons. The van der Waals surface area contributed by atoms with Gasteiger partial charge < -0.3 is 10.4 Å². The predicted octanol–water partition coefficient (Wildman–Crippen LogP) is 1.72. The van der Waals surface area contributed by atoms with Gasteiger partial charge in [-0.2, -0.15) is 0 Å². The Morgan fingerprint density at radius 1 is 1.54 bits per heavy atom. The van der Waals surface area contributed by atoms with Crippen molar-refractivity contribution in [2.45, 2.75) is 12.3 Å². The number of halogens is 1. The van der Waals surface area contributed by atoms with Gasteiger partial charge in [0.05, 0.1) is 6.61 Å². The molecular formula is C10H12FNO. The van der Waals surface area contributed by atoms with E-state index in [1.54, 1.807) is 6.07 Å². The summed E-state index contributed by atoms with van der Waals surface area (Å²) in [6.45, 7) is 0.946. The average Bonchev–Trinajstić information content (AvgIpc) is 2.16. The second-order valence-corrected chi connectivity index (χ2v) is 3.33. The molecule has 1 aromatic rings. The minimum Gasteiger partial charge on any atom is -0.396 e. The van der Waals surface area contributed by atoms with Crippen molar-refractivity contribution in [3.63, 3.8) is 0 Å². The first-order chi connectivity index (χ1) is 6.31. The number of benzene rings is 1. The summed E-state index contributed by atoms with van der Waals surface area (Å²) < 4.78 is 12.8. The summed E-state index contributed by atoms with van der Waals surface area (Å²) in [5.74, 6) is -0.0679. The maximum Gasteiger partial charge on any atom is 0.125 e. The van der Waals surface area contributed by atoms with E-state index in [9.17, 15) is 4.39 Å². The standard InChI is InChI=1S/C10H12FNO/c11-8-1-2-9-7(6-13)3-4-12-10(9)5-8/h1-2,5,7,12-13H,3-4,6H2/t7-/m1/s1. The first kappa shape index (κ1) is 8.51. The third-order valence-electron chi connectivity index (χ3n) is 2.48. The molecule has 1 aliphatic heterocycles. The van der Waals surface area contributed by atoms with Crippen molar-refractivity contribution in [2.75, 3.05) is 18.5 Å². The molecule has 70 valence electrons. The summed E-state index contributed by atoms with van der Waals surface area (Å²) in [4.78, 5) is 0. The predicted molar refractivity (Wildman–Crippen MR) is 49.3 cm³/mol. The second kappa shape index (κ2) is 3.34. The Kier molecular flexibility index (Phi) is 2.19. The Morgan fingerprint density at radius 2 is 2.38 bits per heavy atom. The van der Waals surface area contributed by atoms with Gasteiger partial charge in [-0.05, 0) is 24.1 Å². The van der Waals surface area contributed by atoms with Gasteiger partial charge in [0.1, 0.15) is 5.82 Å². The van der Waals surface area contributed by atoms with E-state index in [1.165, 1.54) is 12.1 Å². The van der Waals surface area contributed by atoms with Crippen LogP contribution in [0.1, 0.15) is 17.9 Å². The van der Waals surface area contributed by atoms with Crippen LogP contribution in [0.15, 0.2) is 18.2 Å². The van der Waals surface area contributed by atoms with Crippen molar-refractivity contribution in [3.8, 4) is 0 Å². The molecule has 1 heterocycles. The zero-order chi connectivity index (χ0) is 9.26. The minimum absolute atomic E-state index is 0.139. The summed E-state index contributed by atoms with van der Waals surface area (Å²) in [5, 5.41) is 12.2. The van der Waals surface area contributed by atoms with Gasteiger partial charge >= 0.3 is 0 Å². The highest BCUT2D eigenvalue weighted by Crippen LogP contribution is 2.31. The molecule has 1 atom stereocenters. The molecule has 0 saturated carbocycles. The van der Waals surface area contributed by atoms with E-state index in [1.807, 2.05) is 0 Å². The lowest BCUT2D eigenvalue weighted by atomic mass is 9.92. The fraction of sp³-hybridized carbons (Fsp3) is 0.400. The molecule has 1 aliphatic rings. The van der Waals surface area contributed by atoms with Crippen LogP contribution >= 0.6 is 0 Å². The summed E-state index contributed by atoms with van der Waals surface area (Å²) >= 11 is 0. The molecule has 2 nitrogen and oxygen atoms in total. The van der Waals surface area contributed by atoms with Crippen molar-refractivity contribution in [1.29, 1.82) is 0 Å². The Labute approximate surface area is 76.4 Å². The van der Waals surface area contributed by atoms with Crippen LogP contribution in [-0.2, 0) is 0 Å². The topological polar surface area (TPSA) is 32.3 Å². The molecule has 13 heavy (non-hydrogen) atoms. The normalized spacial score (nSPS) is 20.6. The van der Waals surface area contributed by atoms with Gasteiger partial charge in [0.25, 0.3) is 0 Å². The smallest absolute Gasteiger partial charge is 0.125 e. The lowest BCUT2D eigenvalue weighted by Gasteiger charge is -2.25. The first-order valence-corrected chi connectivity index (χ1v) is 4.45. The molecule has 0 spiro atoms. The third kappa shape index (κ3) is 1.52. The summed E-state index contributed by atoms with van der Waals surface area (Å²) in [7, 11) is 0. The molecule has 2 N–H and O–H groups in total. The van der Waals surface area contributed by atoms with Crippen LogP contribution in [0.4, 0.5) is 10.1 Å². The first-order valence-electron chi connectivity index (χ1n) is 4.45. The lowest BCUT2D eigenvalue weighted by Crippen LogP contribution is -2.19. The zero-order valence-corrected chi connectivity index (χ0v) is 7.26. The Balaban J connectivity index is 2.40. The van der Waals surface area contributed by atoms with Gasteiger partial charge in [-0.25, -0.2) is 4.39 Å². The van der Waals surface area contributed by atoms with E-state index < -0.39 is 0 Å². The van der Waals surface area contributed by atoms with Gasteiger partial charge in [0.2, 0.25) is 0 Å². The van der Waals surface area contributed by atoms with Crippen molar-refractivity contribution < 1.29 is 9.50 Å². The van der Waals surface area contributed by atoms with Crippen LogP contribution in [0.3, 0.4) is 0 Å². The highest BCUT2D eigenvalue weighted by atomic mass is 19.1. The van der Waals surface area contributed by atoms with Crippen molar-refractivity contribution in [2.24, 2.45) is 0 Å². The molecular weight excluding hydrogens is 169 g/mol. The SMILES string of the molecule is OC[C@H]1CCNc2cc(F)ccc21. The van der Waals surface area contributed by atoms with Crippen LogP contribution < -0.4 is 5.32 Å². The number of rotatable bonds is 1. The van der Waals surface area contributed by atoms with Crippen molar-refractivity contribution in [3.05, 3.63) is 29.6 Å². The highest BCUT2D eigenvalue weighted by molar-refractivity contribution is 5.55. The molecule has 1 aromatic carbocycles. The second-order valence-electron chi connectivity index (χ2n) is 3.33. The Bertz CT molecular complexity index is 314. The average molecular weight is 181 g/mol. The monoisotopic (exact) mass is 181 g/mol. The fourth-order valence-corrected chi connectivity index (χ4v) is 1.76. The van der Waals surface area contributed by atoms with Gasteiger partial charge in [0.15, 0.2) is 0 Å². The zero-order valence-electron chi connectivity index (χ0n) is 7.26. The van der Waals surface area contributed by atoms with Crippen molar-refractivity contribution >= 4 is 5.69 Å². The van der Waals surface area contributed by atoms with E-state index in [0.717, 1.165) is 24.2 Å². The van der Waals surface area contributed by atoms with Crippen LogP contribution in [0.25, 0.3) is 0 Å². The Hall–Kier alpha value is -1.09. The molecule has 0 bridgehead atoms. The molecule has 3 heteroatoms. The van der Waals surface area contributed by atoms with Crippen molar-refractivity contribution in [1.82, 2.24) is 0 Å².